The van der Waals surface area contributed by atoms with Crippen LogP contribution in [-0.2, 0) is 19.2 Å². The van der Waals surface area contributed by atoms with Gasteiger partial charge in [0.05, 0.1) is 6.61 Å². The van der Waals surface area contributed by atoms with E-state index in [-0.39, 0.29) is 0 Å². The number of hydrogen-bond acceptors (Lipinski definition) is 8. The van der Waals surface area contributed by atoms with E-state index in [1.54, 1.807) is 0 Å². The zero-order valence-corrected chi connectivity index (χ0v) is 8.87. The van der Waals surface area contributed by atoms with Crippen LogP contribution in [0, 0.1) is 0 Å². The SMILES string of the molecule is NS(=O)(=O)OC[C@]1(O)OC[C@H](O)[C@H](O)[C@H]1O. The second kappa shape index (κ2) is 4.50. The van der Waals surface area contributed by atoms with Gasteiger partial charge in [-0.2, -0.15) is 8.42 Å². The molecule has 0 aromatic heterocycles. The number of rotatable bonds is 3. The number of hydrogen-bond donors (Lipinski definition) is 5. The Bertz CT molecular complexity index is 344. The van der Waals surface area contributed by atoms with Crippen LogP contribution in [0.15, 0.2) is 0 Å². The van der Waals surface area contributed by atoms with Crippen LogP contribution in [0.1, 0.15) is 0 Å². The molecule has 0 unspecified atom stereocenters. The van der Waals surface area contributed by atoms with Gasteiger partial charge >= 0.3 is 10.3 Å². The van der Waals surface area contributed by atoms with Crippen molar-refractivity contribution >= 4 is 10.3 Å². The van der Waals surface area contributed by atoms with Gasteiger partial charge in [0.25, 0.3) is 0 Å². The van der Waals surface area contributed by atoms with Crippen molar-refractivity contribution in [2.45, 2.75) is 24.1 Å². The molecule has 16 heavy (non-hydrogen) atoms. The molecule has 9 nitrogen and oxygen atoms in total. The average molecular weight is 259 g/mol. The van der Waals surface area contributed by atoms with E-state index in [0.717, 1.165) is 0 Å². The van der Waals surface area contributed by atoms with Crippen LogP contribution in [-0.4, -0.2) is 66.2 Å². The van der Waals surface area contributed by atoms with Gasteiger partial charge in [-0.15, -0.1) is 0 Å². The largest absolute Gasteiger partial charge is 0.388 e. The molecule has 1 aliphatic rings. The summed E-state index contributed by atoms with van der Waals surface area (Å²) in [5.74, 6) is -2.44. The molecule has 0 bridgehead atoms. The fourth-order valence-corrected chi connectivity index (χ4v) is 1.52. The van der Waals surface area contributed by atoms with Crippen LogP contribution in [0.3, 0.4) is 0 Å². The van der Waals surface area contributed by atoms with Crippen molar-refractivity contribution in [3.63, 3.8) is 0 Å². The molecule has 0 saturated carbocycles. The summed E-state index contributed by atoms with van der Waals surface area (Å²) in [6.45, 7) is -1.47. The van der Waals surface area contributed by atoms with Crippen molar-refractivity contribution in [3.8, 4) is 0 Å². The average Bonchev–Trinajstić information content (AvgIpc) is 2.18. The summed E-state index contributed by atoms with van der Waals surface area (Å²) in [7, 11) is -4.31. The van der Waals surface area contributed by atoms with Crippen LogP contribution in [0.5, 0.6) is 0 Å². The Morgan fingerprint density at radius 3 is 2.50 bits per heavy atom. The van der Waals surface area contributed by atoms with Gasteiger partial charge in [-0.05, 0) is 0 Å². The highest BCUT2D eigenvalue weighted by Crippen LogP contribution is 2.24. The second-order valence-corrected chi connectivity index (χ2v) is 4.63. The molecule has 4 atom stereocenters. The molecule has 0 aromatic rings. The molecule has 0 amide bonds. The molecule has 0 spiro atoms. The van der Waals surface area contributed by atoms with E-state index in [2.05, 4.69) is 14.1 Å². The van der Waals surface area contributed by atoms with Crippen molar-refractivity contribution in [2.24, 2.45) is 5.14 Å². The Labute approximate surface area is 91.3 Å². The second-order valence-electron chi connectivity index (χ2n) is 3.41. The molecule has 1 heterocycles. The van der Waals surface area contributed by atoms with Crippen molar-refractivity contribution < 1.29 is 37.8 Å². The van der Waals surface area contributed by atoms with Crippen LogP contribution in [0.4, 0.5) is 0 Å². The lowest BCUT2D eigenvalue weighted by Crippen LogP contribution is -2.63. The van der Waals surface area contributed by atoms with Crippen molar-refractivity contribution in [3.05, 3.63) is 0 Å². The molecule has 0 aliphatic carbocycles. The summed E-state index contributed by atoms with van der Waals surface area (Å²) in [5, 5.41) is 41.8. The zero-order chi connectivity index (χ0) is 12.6. The maximum Gasteiger partial charge on any atom is 0.333 e. The highest BCUT2D eigenvalue weighted by molar-refractivity contribution is 7.84. The molecule has 1 saturated heterocycles. The van der Waals surface area contributed by atoms with Crippen LogP contribution in [0.25, 0.3) is 0 Å². The van der Waals surface area contributed by atoms with Gasteiger partial charge < -0.3 is 25.2 Å². The van der Waals surface area contributed by atoms with E-state index in [0.29, 0.717) is 0 Å². The van der Waals surface area contributed by atoms with Crippen LogP contribution < -0.4 is 5.14 Å². The Morgan fingerprint density at radius 2 is 2.00 bits per heavy atom. The summed E-state index contributed by atoms with van der Waals surface area (Å²) in [6, 6.07) is 0. The standard InChI is InChI=1S/C6H13NO8S/c7-16(12,13)15-2-6(11)5(10)4(9)3(8)1-14-6/h3-5,8-11H,1-2H2,(H2,7,12,13)/t3-,4-,5+,6-/m0/s1. The van der Waals surface area contributed by atoms with E-state index >= 15 is 0 Å². The molecule has 96 valence electrons. The lowest BCUT2D eigenvalue weighted by Gasteiger charge is -2.40. The number of nitrogens with two attached hydrogens (primary N) is 1. The third-order valence-electron chi connectivity index (χ3n) is 2.11. The molecular weight excluding hydrogens is 246 g/mol. The van der Waals surface area contributed by atoms with Gasteiger partial charge in [-0.3, -0.25) is 4.18 Å². The first-order valence-corrected chi connectivity index (χ1v) is 5.70. The molecule has 0 aromatic carbocycles. The first-order chi connectivity index (χ1) is 7.16. The first-order valence-electron chi connectivity index (χ1n) is 4.23. The molecule has 6 N–H and O–H groups in total. The van der Waals surface area contributed by atoms with Gasteiger partial charge in [-0.1, -0.05) is 0 Å². The van der Waals surface area contributed by atoms with Crippen molar-refractivity contribution in [1.29, 1.82) is 0 Å². The zero-order valence-electron chi connectivity index (χ0n) is 8.05. The van der Waals surface area contributed by atoms with Gasteiger partial charge in [0.2, 0.25) is 5.79 Å². The monoisotopic (exact) mass is 259 g/mol. The fourth-order valence-electron chi connectivity index (χ4n) is 1.18. The van der Waals surface area contributed by atoms with E-state index in [1.165, 1.54) is 0 Å². The predicted octanol–water partition coefficient (Wildman–Crippen LogP) is -3.99. The number of aliphatic hydroxyl groups excluding tert-OH is 3. The third kappa shape index (κ3) is 3.09. The Morgan fingerprint density at radius 1 is 1.44 bits per heavy atom. The van der Waals surface area contributed by atoms with Crippen LogP contribution >= 0.6 is 0 Å². The Hall–Kier alpha value is -0.330. The predicted molar refractivity (Wildman–Crippen MR) is 48.0 cm³/mol. The number of ether oxygens (including phenoxy) is 1. The molecule has 1 aliphatic heterocycles. The summed E-state index contributed by atoms with van der Waals surface area (Å²) >= 11 is 0. The van der Waals surface area contributed by atoms with E-state index in [1.807, 2.05) is 0 Å². The van der Waals surface area contributed by atoms with Crippen molar-refractivity contribution in [2.75, 3.05) is 13.2 Å². The maximum atomic E-state index is 10.5. The summed E-state index contributed by atoms with van der Waals surface area (Å²) in [6.07, 6.45) is -4.98. The fraction of sp³-hybridized carbons (Fsp3) is 1.00. The lowest BCUT2D eigenvalue weighted by molar-refractivity contribution is -0.328. The summed E-state index contributed by atoms with van der Waals surface area (Å²) in [4.78, 5) is 0. The van der Waals surface area contributed by atoms with Gasteiger partial charge in [-0.25, -0.2) is 5.14 Å². The van der Waals surface area contributed by atoms with E-state index in [9.17, 15) is 23.7 Å². The number of aliphatic hydroxyl groups is 4. The van der Waals surface area contributed by atoms with Crippen LogP contribution in [0.2, 0.25) is 0 Å². The highest BCUT2D eigenvalue weighted by atomic mass is 32.2. The molecule has 10 heteroatoms. The minimum atomic E-state index is -4.31. The highest BCUT2D eigenvalue weighted by Gasteiger charge is 2.49. The minimum Gasteiger partial charge on any atom is -0.388 e. The topological polar surface area (TPSA) is 160 Å². The quantitative estimate of drug-likeness (QED) is 0.343. The Kier molecular flexibility index (Phi) is 3.87. The molecular formula is C6H13NO8S. The van der Waals surface area contributed by atoms with Gasteiger partial charge in [0, 0.05) is 0 Å². The van der Waals surface area contributed by atoms with E-state index in [4.69, 9.17) is 5.11 Å². The molecule has 1 fully saturated rings. The minimum absolute atomic E-state index is 0.483. The van der Waals surface area contributed by atoms with Gasteiger partial charge in [0.15, 0.2) is 0 Å². The summed E-state index contributed by atoms with van der Waals surface area (Å²) in [5.41, 5.74) is 0. The summed E-state index contributed by atoms with van der Waals surface area (Å²) < 4.78 is 29.6. The van der Waals surface area contributed by atoms with E-state index < -0.39 is 47.6 Å². The molecule has 1 rings (SSSR count). The maximum absolute atomic E-state index is 10.5. The lowest BCUT2D eigenvalue weighted by atomic mass is 9.98. The first kappa shape index (κ1) is 13.7. The Balaban J connectivity index is 2.70. The van der Waals surface area contributed by atoms with Gasteiger partial charge in [0.1, 0.15) is 24.9 Å². The third-order valence-corrected chi connectivity index (χ3v) is 2.56. The van der Waals surface area contributed by atoms with Crippen molar-refractivity contribution in [1.82, 2.24) is 0 Å². The molecule has 0 radical (unpaired) electrons. The smallest absolute Gasteiger partial charge is 0.333 e. The normalized spacial score (nSPS) is 40.9.